The van der Waals surface area contributed by atoms with Crippen LogP contribution >= 0.6 is 0 Å². The van der Waals surface area contributed by atoms with Crippen molar-refractivity contribution < 1.29 is 9.90 Å². The molecule has 98 valence electrons. The molecule has 4 nitrogen and oxygen atoms in total. The van der Waals surface area contributed by atoms with Gasteiger partial charge in [0.25, 0.3) is 0 Å². The number of rotatable bonds is 4. The molecule has 0 aromatic rings. The van der Waals surface area contributed by atoms with Crippen LogP contribution in [0.4, 0.5) is 0 Å². The molecule has 0 bridgehead atoms. The third kappa shape index (κ3) is 2.63. The van der Waals surface area contributed by atoms with Crippen LogP contribution in [0.5, 0.6) is 0 Å². The summed E-state index contributed by atoms with van der Waals surface area (Å²) in [6.45, 7) is 5.91. The highest BCUT2D eigenvalue weighted by Gasteiger charge is 2.49. The van der Waals surface area contributed by atoms with Gasteiger partial charge in [-0.3, -0.25) is 9.69 Å². The number of piperidine rings is 1. The summed E-state index contributed by atoms with van der Waals surface area (Å²) in [6, 6.07) is 0.465. The zero-order valence-corrected chi connectivity index (χ0v) is 10.9. The van der Waals surface area contributed by atoms with Crippen molar-refractivity contribution in [2.24, 2.45) is 17.6 Å². The number of hydrogen-bond donors (Lipinski definition) is 2. The summed E-state index contributed by atoms with van der Waals surface area (Å²) < 4.78 is 0. The van der Waals surface area contributed by atoms with E-state index in [1.807, 2.05) is 0 Å². The van der Waals surface area contributed by atoms with E-state index in [9.17, 15) is 9.90 Å². The molecule has 1 heterocycles. The van der Waals surface area contributed by atoms with E-state index in [0.29, 0.717) is 18.5 Å². The second-order valence-electron chi connectivity index (χ2n) is 6.08. The topological polar surface area (TPSA) is 66.6 Å². The highest BCUT2D eigenvalue weighted by molar-refractivity contribution is 5.79. The Labute approximate surface area is 103 Å². The number of carboxylic acid groups (broad SMARTS) is 1. The lowest BCUT2D eigenvalue weighted by Gasteiger charge is -2.41. The first-order chi connectivity index (χ1) is 7.93. The van der Waals surface area contributed by atoms with E-state index >= 15 is 0 Å². The highest BCUT2D eigenvalue weighted by Crippen LogP contribution is 2.39. The van der Waals surface area contributed by atoms with Gasteiger partial charge in [-0.1, -0.05) is 6.92 Å². The van der Waals surface area contributed by atoms with Crippen LogP contribution in [-0.4, -0.2) is 40.6 Å². The molecule has 0 aromatic heterocycles. The highest BCUT2D eigenvalue weighted by atomic mass is 16.4. The van der Waals surface area contributed by atoms with E-state index in [1.165, 1.54) is 6.42 Å². The minimum atomic E-state index is -1.02. The van der Waals surface area contributed by atoms with Gasteiger partial charge >= 0.3 is 5.97 Å². The van der Waals surface area contributed by atoms with E-state index in [2.05, 4.69) is 18.7 Å². The van der Waals surface area contributed by atoms with Crippen molar-refractivity contribution in [3.8, 4) is 0 Å². The van der Waals surface area contributed by atoms with Gasteiger partial charge in [0, 0.05) is 19.1 Å². The first-order valence-electron chi connectivity index (χ1n) is 6.70. The van der Waals surface area contributed by atoms with Crippen LogP contribution in [0, 0.1) is 11.8 Å². The third-order valence-corrected chi connectivity index (χ3v) is 4.42. The molecule has 0 spiro atoms. The minimum absolute atomic E-state index is 0.185. The van der Waals surface area contributed by atoms with E-state index in [0.717, 1.165) is 25.8 Å². The Balaban J connectivity index is 2.04. The molecule has 3 atom stereocenters. The van der Waals surface area contributed by atoms with Crippen LogP contribution in [0.1, 0.15) is 39.5 Å². The summed E-state index contributed by atoms with van der Waals surface area (Å²) in [6.07, 6.45) is 4.34. The number of nitrogens with two attached hydrogens (primary N) is 1. The Kier molecular flexibility index (Phi) is 3.46. The van der Waals surface area contributed by atoms with Gasteiger partial charge in [-0.15, -0.1) is 0 Å². The standard InChI is InChI=1S/C13H24N2O2/c1-9-3-4-10(2)15(7-9)8-13(14,12(16)17)11-5-6-11/h9-11H,3-8,14H2,1-2H3,(H,16,17). The lowest BCUT2D eigenvalue weighted by molar-refractivity contribution is -0.145. The first kappa shape index (κ1) is 12.8. The van der Waals surface area contributed by atoms with Gasteiger partial charge in [0.2, 0.25) is 0 Å². The molecule has 0 radical (unpaired) electrons. The van der Waals surface area contributed by atoms with Crippen molar-refractivity contribution in [1.29, 1.82) is 0 Å². The number of hydrogen-bond acceptors (Lipinski definition) is 3. The molecule has 17 heavy (non-hydrogen) atoms. The molecule has 2 rings (SSSR count). The number of nitrogens with zero attached hydrogens (tertiary/aromatic N) is 1. The monoisotopic (exact) mass is 240 g/mol. The molecule has 3 N–H and O–H groups in total. The average molecular weight is 240 g/mol. The van der Waals surface area contributed by atoms with Crippen LogP contribution in [0.25, 0.3) is 0 Å². The summed E-state index contributed by atoms with van der Waals surface area (Å²) in [5, 5.41) is 9.37. The van der Waals surface area contributed by atoms with Gasteiger partial charge in [0.1, 0.15) is 5.54 Å². The van der Waals surface area contributed by atoms with Gasteiger partial charge in [-0.05, 0) is 44.4 Å². The summed E-state index contributed by atoms with van der Waals surface area (Å²) in [5.41, 5.74) is 5.12. The Morgan fingerprint density at radius 3 is 2.53 bits per heavy atom. The van der Waals surface area contributed by atoms with Crippen LogP contribution in [0.15, 0.2) is 0 Å². The molecule has 1 saturated heterocycles. The van der Waals surface area contributed by atoms with E-state index in [4.69, 9.17) is 5.73 Å². The van der Waals surface area contributed by atoms with Gasteiger partial charge in [-0.2, -0.15) is 0 Å². The molecular formula is C13H24N2O2. The number of likely N-dealkylation sites (tertiary alicyclic amines) is 1. The van der Waals surface area contributed by atoms with E-state index in [1.54, 1.807) is 0 Å². The minimum Gasteiger partial charge on any atom is -0.480 e. The third-order valence-electron chi connectivity index (χ3n) is 4.42. The molecule has 1 saturated carbocycles. The van der Waals surface area contributed by atoms with Crippen molar-refractivity contribution in [3.05, 3.63) is 0 Å². The largest absolute Gasteiger partial charge is 0.480 e. The smallest absolute Gasteiger partial charge is 0.325 e. The summed E-state index contributed by atoms with van der Waals surface area (Å²) >= 11 is 0. The van der Waals surface area contributed by atoms with Crippen molar-refractivity contribution in [3.63, 3.8) is 0 Å². The van der Waals surface area contributed by atoms with Crippen molar-refractivity contribution in [2.75, 3.05) is 13.1 Å². The fraction of sp³-hybridized carbons (Fsp3) is 0.923. The lowest BCUT2D eigenvalue weighted by atomic mass is 9.89. The second-order valence-corrected chi connectivity index (χ2v) is 6.08. The molecule has 3 unspecified atom stereocenters. The van der Waals surface area contributed by atoms with Crippen molar-refractivity contribution in [2.45, 2.75) is 51.1 Å². The Morgan fingerprint density at radius 1 is 1.35 bits per heavy atom. The van der Waals surface area contributed by atoms with E-state index in [-0.39, 0.29) is 5.92 Å². The Hall–Kier alpha value is -0.610. The maximum absolute atomic E-state index is 11.4. The predicted molar refractivity (Wildman–Crippen MR) is 66.7 cm³/mol. The molecule has 4 heteroatoms. The van der Waals surface area contributed by atoms with Gasteiger partial charge in [0.15, 0.2) is 0 Å². The normalized spacial score (nSPS) is 34.3. The van der Waals surface area contributed by atoms with Crippen molar-refractivity contribution >= 4 is 5.97 Å². The number of aliphatic carboxylic acids is 1. The van der Waals surface area contributed by atoms with Gasteiger partial charge in [-0.25, -0.2) is 0 Å². The lowest BCUT2D eigenvalue weighted by Crippen LogP contribution is -2.60. The SMILES string of the molecule is CC1CCC(C)N(CC(N)(C(=O)O)C2CC2)C1. The molecule has 1 aliphatic carbocycles. The molecule has 1 aliphatic heterocycles. The Bertz CT molecular complexity index is 304. The number of carboxylic acids is 1. The molecule has 2 aliphatic rings. The van der Waals surface area contributed by atoms with Gasteiger partial charge < -0.3 is 10.8 Å². The molecular weight excluding hydrogens is 216 g/mol. The van der Waals surface area contributed by atoms with Crippen LogP contribution < -0.4 is 5.73 Å². The second kappa shape index (κ2) is 4.58. The van der Waals surface area contributed by atoms with E-state index < -0.39 is 11.5 Å². The summed E-state index contributed by atoms with van der Waals surface area (Å²) in [5.74, 6) is 0.0123. The van der Waals surface area contributed by atoms with Crippen molar-refractivity contribution in [1.82, 2.24) is 4.90 Å². The maximum Gasteiger partial charge on any atom is 0.325 e. The summed E-state index contributed by atoms with van der Waals surface area (Å²) in [7, 11) is 0. The zero-order chi connectivity index (χ0) is 12.6. The maximum atomic E-state index is 11.4. The Morgan fingerprint density at radius 2 is 2.00 bits per heavy atom. The first-order valence-corrected chi connectivity index (χ1v) is 6.70. The fourth-order valence-corrected chi connectivity index (χ4v) is 2.91. The molecule has 2 fully saturated rings. The van der Waals surface area contributed by atoms with Crippen LogP contribution in [0.3, 0.4) is 0 Å². The fourth-order valence-electron chi connectivity index (χ4n) is 2.91. The molecule has 0 aromatic carbocycles. The van der Waals surface area contributed by atoms with Gasteiger partial charge in [0.05, 0.1) is 0 Å². The molecule has 0 amide bonds. The number of carbonyl (C=O) groups is 1. The quantitative estimate of drug-likeness (QED) is 0.777. The predicted octanol–water partition coefficient (Wildman–Crippen LogP) is 1.30. The zero-order valence-electron chi connectivity index (χ0n) is 10.9. The van der Waals surface area contributed by atoms with Crippen LogP contribution in [-0.2, 0) is 4.79 Å². The summed E-state index contributed by atoms with van der Waals surface area (Å²) in [4.78, 5) is 13.7. The van der Waals surface area contributed by atoms with Crippen LogP contribution in [0.2, 0.25) is 0 Å². The average Bonchev–Trinajstić information content (AvgIpc) is 3.06.